The molecule has 2 heteroatoms. The summed E-state index contributed by atoms with van der Waals surface area (Å²) < 4.78 is 0. The highest BCUT2D eigenvalue weighted by Gasteiger charge is 2.27. The molecular weight excluding hydrogens is 208 g/mol. The summed E-state index contributed by atoms with van der Waals surface area (Å²) in [7, 11) is 0. The second-order valence-electron chi connectivity index (χ2n) is 6.24. The Labute approximate surface area is 107 Å². The van der Waals surface area contributed by atoms with Gasteiger partial charge in [0, 0.05) is 12.1 Å². The van der Waals surface area contributed by atoms with E-state index in [1.165, 1.54) is 57.8 Å². The van der Waals surface area contributed by atoms with Crippen molar-refractivity contribution >= 4 is 0 Å². The topological polar surface area (TPSA) is 38.0 Å². The third-order valence-electron chi connectivity index (χ3n) is 5.05. The van der Waals surface area contributed by atoms with Crippen molar-refractivity contribution < 1.29 is 0 Å². The van der Waals surface area contributed by atoms with Crippen molar-refractivity contribution in [3.63, 3.8) is 0 Å². The molecule has 2 aliphatic carbocycles. The molecule has 0 radical (unpaired) electrons. The first-order valence-electron chi connectivity index (χ1n) is 7.77. The second kappa shape index (κ2) is 6.75. The average molecular weight is 238 g/mol. The predicted molar refractivity (Wildman–Crippen MR) is 74.0 cm³/mol. The van der Waals surface area contributed by atoms with Crippen LogP contribution in [-0.4, -0.2) is 18.6 Å². The molecular formula is C15H30N2. The fraction of sp³-hybridized carbons (Fsp3) is 1.00. The maximum atomic E-state index is 5.91. The molecule has 3 atom stereocenters. The van der Waals surface area contributed by atoms with Gasteiger partial charge in [0.2, 0.25) is 0 Å². The summed E-state index contributed by atoms with van der Waals surface area (Å²) in [4.78, 5) is 0. The van der Waals surface area contributed by atoms with Crippen LogP contribution in [0.3, 0.4) is 0 Å². The van der Waals surface area contributed by atoms with Crippen LogP contribution in [0.5, 0.6) is 0 Å². The highest BCUT2D eigenvalue weighted by Crippen LogP contribution is 2.29. The van der Waals surface area contributed by atoms with Crippen molar-refractivity contribution in [2.24, 2.45) is 17.6 Å². The summed E-state index contributed by atoms with van der Waals surface area (Å²) in [6.45, 7) is 3.27. The van der Waals surface area contributed by atoms with E-state index in [4.69, 9.17) is 5.73 Å². The van der Waals surface area contributed by atoms with Gasteiger partial charge in [0.15, 0.2) is 0 Å². The Morgan fingerprint density at radius 1 is 1.00 bits per heavy atom. The number of nitrogens with one attached hydrogen (secondary N) is 1. The van der Waals surface area contributed by atoms with Crippen molar-refractivity contribution in [2.45, 2.75) is 76.8 Å². The van der Waals surface area contributed by atoms with Crippen LogP contribution < -0.4 is 11.1 Å². The van der Waals surface area contributed by atoms with Crippen LogP contribution in [0.2, 0.25) is 0 Å². The molecule has 100 valence electrons. The van der Waals surface area contributed by atoms with Gasteiger partial charge in [0.05, 0.1) is 0 Å². The van der Waals surface area contributed by atoms with Gasteiger partial charge in [-0.1, -0.05) is 32.1 Å². The van der Waals surface area contributed by atoms with Gasteiger partial charge in [-0.25, -0.2) is 0 Å². The lowest BCUT2D eigenvalue weighted by atomic mass is 9.81. The summed E-state index contributed by atoms with van der Waals surface area (Å²) in [5.41, 5.74) is 5.91. The van der Waals surface area contributed by atoms with Gasteiger partial charge in [-0.15, -0.1) is 0 Å². The first-order valence-corrected chi connectivity index (χ1v) is 7.77. The maximum absolute atomic E-state index is 5.91. The van der Waals surface area contributed by atoms with Gasteiger partial charge in [-0.05, 0) is 51.0 Å². The Balaban J connectivity index is 1.81. The van der Waals surface area contributed by atoms with Crippen LogP contribution in [0.1, 0.15) is 64.7 Å². The Morgan fingerprint density at radius 2 is 1.65 bits per heavy atom. The van der Waals surface area contributed by atoms with E-state index in [9.17, 15) is 0 Å². The Bertz CT molecular complexity index is 211. The van der Waals surface area contributed by atoms with E-state index in [0.29, 0.717) is 12.1 Å². The molecule has 2 aliphatic rings. The standard InChI is InChI=1S/C15H30N2/c1-12(13-7-3-2-4-8-13)17-15-10-6-5-9-14(15)11-16/h12-15,17H,2-11,16H2,1H3/t12-,14?,15?/m1/s1. The third kappa shape index (κ3) is 3.69. The van der Waals surface area contributed by atoms with Crippen LogP contribution in [0, 0.1) is 11.8 Å². The number of nitrogens with two attached hydrogens (primary N) is 1. The van der Waals surface area contributed by atoms with Crippen molar-refractivity contribution in [1.29, 1.82) is 0 Å². The van der Waals surface area contributed by atoms with Gasteiger partial charge < -0.3 is 11.1 Å². The predicted octanol–water partition coefficient (Wildman–Crippen LogP) is 3.06. The summed E-state index contributed by atoms with van der Waals surface area (Å²) >= 11 is 0. The zero-order valence-electron chi connectivity index (χ0n) is 11.5. The number of hydrogen-bond acceptors (Lipinski definition) is 2. The minimum absolute atomic E-state index is 0.700. The van der Waals surface area contributed by atoms with Crippen molar-refractivity contribution in [1.82, 2.24) is 5.32 Å². The zero-order chi connectivity index (χ0) is 12.1. The lowest BCUT2D eigenvalue weighted by Gasteiger charge is -2.37. The van der Waals surface area contributed by atoms with Crippen LogP contribution in [-0.2, 0) is 0 Å². The molecule has 0 amide bonds. The lowest BCUT2D eigenvalue weighted by molar-refractivity contribution is 0.204. The van der Waals surface area contributed by atoms with Crippen LogP contribution in [0.15, 0.2) is 0 Å². The summed E-state index contributed by atoms with van der Waals surface area (Å²) in [5, 5.41) is 3.91. The molecule has 0 saturated heterocycles. The minimum atomic E-state index is 0.700. The first-order chi connectivity index (χ1) is 8.31. The molecule has 17 heavy (non-hydrogen) atoms. The largest absolute Gasteiger partial charge is 0.330 e. The van der Waals surface area contributed by atoms with Crippen molar-refractivity contribution in [3.8, 4) is 0 Å². The highest BCUT2D eigenvalue weighted by molar-refractivity contribution is 4.86. The third-order valence-corrected chi connectivity index (χ3v) is 5.05. The fourth-order valence-electron chi connectivity index (χ4n) is 3.82. The van der Waals surface area contributed by atoms with Crippen molar-refractivity contribution in [3.05, 3.63) is 0 Å². The van der Waals surface area contributed by atoms with Crippen molar-refractivity contribution in [2.75, 3.05) is 6.54 Å². The summed E-state index contributed by atoms with van der Waals surface area (Å²) in [6, 6.07) is 1.40. The van der Waals surface area contributed by atoms with Crippen LogP contribution in [0.4, 0.5) is 0 Å². The van der Waals surface area contributed by atoms with Crippen LogP contribution >= 0.6 is 0 Å². The first kappa shape index (κ1) is 13.4. The number of hydrogen-bond donors (Lipinski definition) is 2. The second-order valence-corrected chi connectivity index (χ2v) is 6.24. The van der Waals surface area contributed by atoms with Gasteiger partial charge in [-0.2, -0.15) is 0 Å². The monoisotopic (exact) mass is 238 g/mol. The molecule has 0 heterocycles. The molecule has 2 fully saturated rings. The molecule has 3 N–H and O–H groups in total. The van der Waals surface area contributed by atoms with E-state index in [-0.39, 0.29) is 0 Å². The quantitative estimate of drug-likeness (QED) is 0.790. The maximum Gasteiger partial charge on any atom is 0.0110 e. The molecule has 0 aromatic heterocycles. The lowest BCUT2D eigenvalue weighted by Crippen LogP contribution is -2.48. The zero-order valence-corrected chi connectivity index (χ0v) is 11.5. The Hall–Kier alpha value is -0.0800. The molecule has 0 aliphatic heterocycles. The van der Waals surface area contributed by atoms with Gasteiger partial charge >= 0.3 is 0 Å². The molecule has 2 saturated carbocycles. The molecule has 2 nitrogen and oxygen atoms in total. The van der Waals surface area contributed by atoms with Gasteiger partial charge in [-0.3, -0.25) is 0 Å². The van der Waals surface area contributed by atoms with Gasteiger partial charge in [0.25, 0.3) is 0 Å². The summed E-state index contributed by atoms with van der Waals surface area (Å²) in [6.07, 6.45) is 12.7. The van der Waals surface area contributed by atoms with E-state index < -0.39 is 0 Å². The van der Waals surface area contributed by atoms with E-state index in [2.05, 4.69) is 12.2 Å². The van der Waals surface area contributed by atoms with Gasteiger partial charge in [0.1, 0.15) is 0 Å². The van der Waals surface area contributed by atoms with Crippen LogP contribution in [0.25, 0.3) is 0 Å². The fourth-order valence-corrected chi connectivity index (χ4v) is 3.82. The van der Waals surface area contributed by atoms with E-state index in [1.54, 1.807) is 0 Å². The molecule has 0 bridgehead atoms. The Kier molecular flexibility index (Phi) is 5.30. The summed E-state index contributed by atoms with van der Waals surface area (Å²) in [5.74, 6) is 1.65. The van der Waals surface area contributed by atoms with E-state index in [1.807, 2.05) is 0 Å². The smallest absolute Gasteiger partial charge is 0.0110 e. The number of rotatable bonds is 4. The molecule has 0 aromatic carbocycles. The minimum Gasteiger partial charge on any atom is -0.330 e. The van der Waals surface area contributed by atoms with E-state index >= 15 is 0 Å². The molecule has 2 unspecified atom stereocenters. The average Bonchev–Trinajstić information content (AvgIpc) is 2.40. The highest BCUT2D eigenvalue weighted by atomic mass is 15.0. The SMILES string of the molecule is C[C@@H](NC1CCCCC1CN)C1CCCCC1. The molecule has 0 aromatic rings. The molecule has 2 rings (SSSR count). The van der Waals surface area contributed by atoms with E-state index in [0.717, 1.165) is 18.4 Å². The molecule has 0 spiro atoms. The Morgan fingerprint density at radius 3 is 2.35 bits per heavy atom. The normalized spacial score (nSPS) is 33.5.